The molecule has 1 saturated heterocycles. The summed E-state index contributed by atoms with van der Waals surface area (Å²) in [5, 5.41) is 0. The van der Waals surface area contributed by atoms with Crippen molar-refractivity contribution in [3.8, 4) is 0 Å². The topological polar surface area (TPSA) is 46.3 Å². The molecule has 0 aromatic heterocycles. The average molecular weight is 288 g/mol. The van der Waals surface area contributed by atoms with E-state index in [1.807, 2.05) is 36.1 Å². The number of anilines is 1. The van der Waals surface area contributed by atoms with Crippen molar-refractivity contribution in [1.82, 2.24) is 4.90 Å². The van der Waals surface area contributed by atoms with Gasteiger partial charge < -0.3 is 10.6 Å². The van der Waals surface area contributed by atoms with Crippen molar-refractivity contribution >= 4 is 11.6 Å². The van der Waals surface area contributed by atoms with Crippen molar-refractivity contribution in [2.45, 2.75) is 46.5 Å². The number of hydrogen-bond acceptors (Lipinski definition) is 2. The molecule has 1 fully saturated rings. The minimum absolute atomic E-state index is 0.111. The van der Waals surface area contributed by atoms with E-state index in [4.69, 9.17) is 5.73 Å². The molecule has 1 aromatic carbocycles. The van der Waals surface area contributed by atoms with Gasteiger partial charge in [0.05, 0.1) is 5.92 Å². The van der Waals surface area contributed by atoms with Crippen LogP contribution in [0.15, 0.2) is 24.3 Å². The molecule has 0 spiro atoms. The first-order valence-electron chi connectivity index (χ1n) is 7.93. The summed E-state index contributed by atoms with van der Waals surface area (Å²) < 4.78 is 0. The number of carbonyl (C=O) groups is 1. The molecule has 116 valence electrons. The third kappa shape index (κ3) is 3.78. The van der Waals surface area contributed by atoms with E-state index in [-0.39, 0.29) is 11.8 Å². The fourth-order valence-corrected chi connectivity index (χ4v) is 3.21. The molecular formula is C18H28N2O. The van der Waals surface area contributed by atoms with Gasteiger partial charge >= 0.3 is 0 Å². The smallest absolute Gasteiger partial charge is 0.229 e. The summed E-state index contributed by atoms with van der Waals surface area (Å²) in [4.78, 5) is 14.7. The molecule has 0 radical (unpaired) electrons. The van der Waals surface area contributed by atoms with Gasteiger partial charge in [-0.05, 0) is 48.8 Å². The summed E-state index contributed by atoms with van der Waals surface area (Å²) in [6, 6.07) is 7.67. The van der Waals surface area contributed by atoms with Gasteiger partial charge in [-0.3, -0.25) is 4.79 Å². The van der Waals surface area contributed by atoms with E-state index in [2.05, 4.69) is 20.8 Å². The second-order valence-electron chi connectivity index (χ2n) is 7.36. The fraction of sp³-hybridized carbons (Fsp3) is 0.611. The lowest BCUT2D eigenvalue weighted by Gasteiger charge is -2.39. The van der Waals surface area contributed by atoms with E-state index in [1.165, 1.54) is 0 Å². The van der Waals surface area contributed by atoms with Crippen LogP contribution in [0.3, 0.4) is 0 Å². The van der Waals surface area contributed by atoms with Gasteiger partial charge in [-0.1, -0.05) is 32.9 Å². The molecule has 1 amide bonds. The molecule has 1 unspecified atom stereocenters. The number of amides is 1. The summed E-state index contributed by atoms with van der Waals surface area (Å²) in [6.45, 7) is 10.6. The van der Waals surface area contributed by atoms with Crippen molar-refractivity contribution in [2.75, 3.05) is 18.8 Å². The molecule has 3 nitrogen and oxygen atoms in total. The maximum absolute atomic E-state index is 12.7. The summed E-state index contributed by atoms with van der Waals surface area (Å²) >= 11 is 0. The van der Waals surface area contributed by atoms with Crippen molar-refractivity contribution in [3.05, 3.63) is 29.8 Å². The number of likely N-dealkylation sites (tertiary alicyclic amines) is 1. The molecule has 2 rings (SSSR count). The van der Waals surface area contributed by atoms with Crippen molar-refractivity contribution < 1.29 is 4.79 Å². The highest BCUT2D eigenvalue weighted by molar-refractivity contribution is 5.83. The van der Waals surface area contributed by atoms with E-state index in [9.17, 15) is 4.79 Å². The van der Waals surface area contributed by atoms with E-state index in [1.54, 1.807) is 0 Å². The van der Waals surface area contributed by atoms with Crippen LogP contribution in [0, 0.1) is 11.3 Å². The first-order valence-corrected chi connectivity index (χ1v) is 7.93. The fourth-order valence-electron chi connectivity index (χ4n) is 3.21. The largest absolute Gasteiger partial charge is 0.399 e. The Hall–Kier alpha value is -1.51. The predicted octanol–water partition coefficient (Wildman–Crippen LogP) is 3.66. The van der Waals surface area contributed by atoms with Crippen LogP contribution in [0.5, 0.6) is 0 Å². The average Bonchev–Trinajstić information content (AvgIpc) is 2.45. The Balaban J connectivity index is 1.99. The van der Waals surface area contributed by atoms with Gasteiger partial charge in [0.25, 0.3) is 0 Å². The summed E-state index contributed by atoms with van der Waals surface area (Å²) in [7, 11) is 0. The normalized spacial score (nSPS) is 18.6. The number of piperidine rings is 1. The van der Waals surface area contributed by atoms with Gasteiger partial charge in [0.2, 0.25) is 5.91 Å². The first-order chi connectivity index (χ1) is 9.79. The third-order valence-electron chi connectivity index (χ3n) is 4.81. The van der Waals surface area contributed by atoms with Gasteiger partial charge in [0.15, 0.2) is 0 Å². The Kier molecular flexibility index (Phi) is 4.60. The Bertz CT molecular complexity index is 496. The van der Waals surface area contributed by atoms with E-state index in [0.717, 1.165) is 37.2 Å². The molecule has 0 aliphatic carbocycles. The molecule has 1 aliphatic rings. The van der Waals surface area contributed by atoms with Crippen LogP contribution in [-0.2, 0) is 4.79 Å². The van der Waals surface area contributed by atoms with Gasteiger partial charge in [-0.15, -0.1) is 0 Å². The van der Waals surface area contributed by atoms with Gasteiger partial charge in [-0.2, -0.15) is 0 Å². The van der Waals surface area contributed by atoms with Crippen LogP contribution >= 0.6 is 0 Å². The monoisotopic (exact) mass is 288 g/mol. The Morgan fingerprint density at radius 1 is 1.29 bits per heavy atom. The standard InChI is InChI=1S/C18H28N2O/c1-13(14-6-5-7-16(19)12-14)17(21)20-10-8-15(9-11-20)18(2,3)4/h5-7,12-13,15H,8-11,19H2,1-4H3. The maximum atomic E-state index is 12.7. The minimum atomic E-state index is -0.111. The van der Waals surface area contributed by atoms with Gasteiger partial charge in [-0.25, -0.2) is 0 Å². The summed E-state index contributed by atoms with van der Waals surface area (Å²) in [5.41, 5.74) is 7.89. The Morgan fingerprint density at radius 2 is 1.90 bits per heavy atom. The summed E-state index contributed by atoms with van der Waals surface area (Å²) in [6.07, 6.45) is 2.22. The molecule has 1 aliphatic heterocycles. The highest BCUT2D eigenvalue weighted by Crippen LogP contribution is 2.35. The van der Waals surface area contributed by atoms with E-state index < -0.39 is 0 Å². The second-order valence-corrected chi connectivity index (χ2v) is 7.36. The van der Waals surface area contributed by atoms with E-state index >= 15 is 0 Å². The molecule has 1 atom stereocenters. The molecule has 3 heteroatoms. The van der Waals surface area contributed by atoms with Crippen LogP contribution in [0.25, 0.3) is 0 Å². The summed E-state index contributed by atoms with van der Waals surface area (Å²) in [5.74, 6) is 0.830. The number of nitrogens with zero attached hydrogens (tertiary/aromatic N) is 1. The van der Waals surface area contributed by atoms with Gasteiger partial charge in [0, 0.05) is 18.8 Å². The number of nitrogens with two attached hydrogens (primary N) is 1. The molecular weight excluding hydrogens is 260 g/mol. The Morgan fingerprint density at radius 3 is 2.43 bits per heavy atom. The molecule has 21 heavy (non-hydrogen) atoms. The molecule has 0 saturated carbocycles. The highest BCUT2D eigenvalue weighted by Gasteiger charge is 2.31. The lowest BCUT2D eigenvalue weighted by molar-refractivity contribution is -0.134. The zero-order valence-electron chi connectivity index (χ0n) is 13.7. The number of carbonyl (C=O) groups excluding carboxylic acids is 1. The Labute approximate surface area is 128 Å². The van der Waals surface area contributed by atoms with E-state index in [0.29, 0.717) is 11.3 Å². The predicted molar refractivity (Wildman–Crippen MR) is 88.0 cm³/mol. The zero-order valence-corrected chi connectivity index (χ0v) is 13.7. The molecule has 0 bridgehead atoms. The molecule has 2 N–H and O–H groups in total. The number of hydrogen-bond donors (Lipinski definition) is 1. The molecule has 1 heterocycles. The number of rotatable bonds is 2. The molecule has 1 aromatic rings. The van der Waals surface area contributed by atoms with Crippen LogP contribution in [-0.4, -0.2) is 23.9 Å². The van der Waals surface area contributed by atoms with Crippen LogP contribution in [0.2, 0.25) is 0 Å². The minimum Gasteiger partial charge on any atom is -0.399 e. The lowest BCUT2D eigenvalue weighted by Crippen LogP contribution is -2.43. The lowest BCUT2D eigenvalue weighted by atomic mass is 9.75. The van der Waals surface area contributed by atoms with Crippen molar-refractivity contribution in [3.63, 3.8) is 0 Å². The van der Waals surface area contributed by atoms with Crippen molar-refractivity contribution in [2.24, 2.45) is 11.3 Å². The third-order valence-corrected chi connectivity index (χ3v) is 4.81. The first kappa shape index (κ1) is 15.9. The number of nitrogen functional groups attached to an aromatic ring is 1. The number of benzene rings is 1. The van der Waals surface area contributed by atoms with Crippen LogP contribution in [0.4, 0.5) is 5.69 Å². The van der Waals surface area contributed by atoms with Gasteiger partial charge in [0.1, 0.15) is 0 Å². The highest BCUT2D eigenvalue weighted by atomic mass is 16.2. The second kappa shape index (κ2) is 6.08. The van der Waals surface area contributed by atoms with Crippen molar-refractivity contribution in [1.29, 1.82) is 0 Å². The maximum Gasteiger partial charge on any atom is 0.229 e. The SMILES string of the molecule is CC(C(=O)N1CCC(C(C)(C)C)CC1)c1cccc(N)c1. The van der Waals surface area contributed by atoms with Crippen LogP contribution < -0.4 is 5.73 Å². The quantitative estimate of drug-likeness (QED) is 0.844. The van der Waals surface area contributed by atoms with Crippen LogP contribution in [0.1, 0.15) is 52.0 Å². The zero-order chi connectivity index (χ0) is 15.6.